The molecule has 1 N–H and O–H groups in total. The Labute approximate surface area is 182 Å². The number of amides is 2. The number of nitrogens with one attached hydrogen (secondary N) is 1. The van der Waals surface area contributed by atoms with Crippen LogP contribution in [0, 0.1) is 0 Å². The molecule has 0 saturated carbocycles. The molecular weight excluding hydrogens is 398 g/mol. The zero-order valence-corrected chi connectivity index (χ0v) is 18.2. The van der Waals surface area contributed by atoms with Gasteiger partial charge in [0.25, 0.3) is 11.8 Å². The lowest BCUT2D eigenvalue weighted by Crippen LogP contribution is -2.33. The summed E-state index contributed by atoms with van der Waals surface area (Å²) >= 11 is 0. The van der Waals surface area contributed by atoms with E-state index in [0.717, 1.165) is 6.42 Å². The van der Waals surface area contributed by atoms with Crippen molar-refractivity contribution in [1.82, 2.24) is 20.2 Å². The van der Waals surface area contributed by atoms with Gasteiger partial charge in [0.15, 0.2) is 6.61 Å². The molecule has 1 atom stereocenters. The van der Waals surface area contributed by atoms with Gasteiger partial charge < -0.3 is 24.6 Å². The average molecular weight is 428 g/mol. The number of para-hydroxylation sites is 1. The van der Waals surface area contributed by atoms with Crippen LogP contribution >= 0.6 is 0 Å². The minimum Gasteiger partial charge on any atom is -0.484 e. The third-order valence-corrected chi connectivity index (χ3v) is 5.08. The number of aromatic nitrogens is 2. The van der Waals surface area contributed by atoms with Crippen LogP contribution in [0.2, 0.25) is 0 Å². The molecule has 9 nitrogen and oxygen atoms in total. The molecular formula is C22H29N5O4. The Bertz CT molecular complexity index is 891. The van der Waals surface area contributed by atoms with E-state index in [1.807, 2.05) is 44.4 Å². The molecule has 1 aliphatic heterocycles. The largest absolute Gasteiger partial charge is 0.484 e. The van der Waals surface area contributed by atoms with Gasteiger partial charge in [0.2, 0.25) is 5.95 Å². The van der Waals surface area contributed by atoms with Crippen LogP contribution in [0.1, 0.15) is 28.4 Å². The van der Waals surface area contributed by atoms with Gasteiger partial charge in [-0.3, -0.25) is 9.59 Å². The lowest BCUT2D eigenvalue weighted by Gasteiger charge is -2.19. The van der Waals surface area contributed by atoms with Crippen LogP contribution in [-0.2, 0) is 9.53 Å². The topological polar surface area (TPSA) is 96.9 Å². The zero-order chi connectivity index (χ0) is 22.2. The molecule has 3 rings (SSSR count). The smallest absolute Gasteiger partial charge is 0.260 e. The highest BCUT2D eigenvalue weighted by Gasteiger charge is 2.32. The minimum atomic E-state index is -0.241. The van der Waals surface area contributed by atoms with E-state index in [1.165, 1.54) is 0 Å². The van der Waals surface area contributed by atoms with Gasteiger partial charge in [-0.2, -0.15) is 0 Å². The average Bonchev–Trinajstić information content (AvgIpc) is 3.28. The van der Waals surface area contributed by atoms with E-state index >= 15 is 0 Å². The summed E-state index contributed by atoms with van der Waals surface area (Å²) in [5, 5.41) is 2.83. The number of hydrogen-bond acceptors (Lipinski definition) is 7. The lowest BCUT2D eigenvalue weighted by atomic mass is 10.00. The first kappa shape index (κ1) is 22.5. The summed E-state index contributed by atoms with van der Waals surface area (Å²) in [5.41, 5.74) is 1.09. The lowest BCUT2D eigenvalue weighted by molar-refractivity contribution is -0.132. The summed E-state index contributed by atoms with van der Waals surface area (Å²) < 4.78 is 10.6. The predicted octanol–water partition coefficient (Wildman–Crippen LogP) is 1.31. The van der Waals surface area contributed by atoms with Gasteiger partial charge in [-0.25, -0.2) is 9.97 Å². The standard InChI is InChI=1S/C22H29N5O4/c1-26(2)22-24-13-18(21(29)23-10-12-30-3)20(25-22)16-9-11-27(14-16)19(28)15-31-17-7-5-4-6-8-17/h4-8,13,16H,9-12,14-15H2,1-3H3,(H,23,29). The predicted molar refractivity (Wildman–Crippen MR) is 116 cm³/mol. The van der Waals surface area contributed by atoms with Crippen LogP contribution in [0.15, 0.2) is 36.5 Å². The third-order valence-electron chi connectivity index (χ3n) is 5.08. The second-order valence-corrected chi connectivity index (χ2v) is 7.54. The van der Waals surface area contributed by atoms with Crippen molar-refractivity contribution in [3.8, 4) is 5.75 Å². The molecule has 166 valence electrons. The molecule has 2 heterocycles. The number of ether oxygens (including phenoxy) is 2. The Morgan fingerprint density at radius 3 is 2.74 bits per heavy atom. The van der Waals surface area contributed by atoms with E-state index in [2.05, 4.69) is 15.3 Å². The van der Waals surface area contributed by atoms with Crippen molar-refractivity contribution < 1.29 is 19.1 Å². The van der Waals surface area contributed by atoms with Gasteiger partial charge in [0.05, 0.1) is 17.9 Å². The molecule has 1 unspecified atom stereocenters. The van der Waals surface area contributed by atoms with Gasteiger partial charge in [-0.15, -0.1) is 0 Å². The number of nitrogens with zero attached hydrogens (tertiary/aromatic N) is 4. The Morgan fingerprint density at radius 2 is 2.03 bits per heavy atom. The Kier molecular flexibility index (Phi) is 7.77. The molecule has 31 heavy (non-hydrogen) atoms. The first-order valence-electron chi connectivity index (χ1n) is 10.3. The summed E-state index contributed by atoms with van der Waals surface area (Å²) in [6.07, 6.45) is 2.28. The number of likely N-dealkylation sites (tertiary alicyclic amines) is 1. The molecule has 1 aromatic carbocycles. The Hall–Kier alpha value is -3.20. The molecule has 0 bridgehead atoms. The summed E-state index contributed by atoms with van der Waals surface area (Å²) in [6.45, 7) is 1.88. The van der Waals surface area contributed by atoms with Gasteiger partial charge in [-0.05, 0) is 18.6 Å². The maximum absolute atomic E-state index is 12.7. The molecule has 1 aromatic heterocycles. The molecule has 2 amide bonds. The van der Waals surface area contributed by atoms with Crippen molar-refractivity contribution in [2.75, 3.05) is 59.0 Å². The second-order valence-electron chi connectivity index (χ2n) is 7.54. The van der Waals surface area contributed by atoms with Crippen molar-refractivity contribution >= 4 is 17.8 Å². The Morgan fingerprint density at radius 1 is 1.26 bits per heavy atom. The van der Waals surface area contributed by atoms with E-state index in [-0.39, 0.29) is 24.3 Å². The van der Waals surface area contributed by atoms with Gasteiger partial charge in [0, 0.05) is 53.0 Å². The Balaban J connectivity index is 1.70. The molecule has 9 heteroatoms. The van der Waals surface area contributed by atoms with Gasteiger partial charge in [-0.1, -0.05) is 18.2 Å². The second kappa shape index (κ2) is 10.7. The van der Waals surface area contributed by atoms with Crippen LogP contribution in [0.3, 0.4) is 0 Å². The quantitative estimate of drug-likeness (QED) is 0.603. The van der Waals surface area contributed by atoms with Gasteiger partial charge in [0.1, 0.15) is 5.75 Å². The number of carbonyl (C=O) groups is 2. The van der Waals surface area contributed by atoms with Gasteiger partial charge >= 0.3 is 0 Å². The van der Waals surface area contributed by atoms with E-state index < -0.39 is 0 Å². The fourth-order valence-electron chi connectivity index (χ4n) is 3.41. The first-order chi connectivity index (χ1) is 15.0. The highest BCUT2D eigenvalue weighted by atomic mass is 16.5. The highest BCUT2D eigenvalue weighted by molar-refractivity contribution is 5.95. The van der Waals surface area contributed by atoms with Crippen LogP contribution in [0.25, 0.3) is 0 Å². The number of benzene rings is 1. The number of anilines is 1. The molecule has 0 spiro atoms. The number of methoxy groups -OCH3 is 1. The minimum absolute atomic E-state index is 0.0200. The molecule has 0 radical (unpaired) electrons. The molecule has 0 aliphatic carbocycles. The maximum Gasteiger partial charge on any atom is 0.260 e. The van der Waals surface area contributed by atoms with Crippen molar-refractivity contribution in [3.63, 3.8) is 0 Å². The van der Waals surface area contributed by atoms with E-state index in [4.69, 9.17) is 9.47 Å². The first-order valence-corrected chi connectivity index (χ1v) is 10.3. The summed E-state index contributed by atoms with van der Waals surface area (Å²) in [7, 11) is 5.28. The maximum atomic E-state index is 12.7. The number of carbonyl (C=O) groups excluding carboxylic acids is 2. The summed E-state index contributed by atoms with van der Waals surface area (Å²) in [4.78, 5) is 37.8. The van der Waals surface area contributed by atoms with Crippen LogP contribution in [0.5, 0.6) is 5.75 Å². The van der Waals surface area contributed by atoms with Crippen molar-refractivity contribution in [2.24, 2.45) is 0 Å². The van der Waals surface area contributed by atoms with E-state index in [9.17, 15) is 9.59 Å². The molecule has 1 fully saturated rings. The number of hydrogen-bond donors (Lipinski definition) is 1. The van der Waals surface area contributed by atoms with Crippen LogP contribution < -0.4 is 15.0 Å². The highest BCUT2D eigenvalue weighted by Crippen LogP contribution is 2.29. The fourth-order valence-corrected chi connectivity index (χ4v) is 3.41. The number of rotatable bonds is 9. The van der Waals surface area contributed by atoms with E-state index in [1.54, 1.807) is 23.1 Å². The fraction of sp³-hybridized carbons (Fsp3) is 0.455. The normalized spacial score (nSPS) is 15.6. The van der Waals surface area contributed by atoms with Crippen LogP contribution in [-0.4, -0.2) is 80.7 Å². The SMILES string of the molecule is COCCNC(=O)c1cnc(N(C)C)nc1C1CCN(C(=O)COc2ccccc2)C1. The van der Waals surface area contributed by atoms with Crippen molar-refractivity contribution in [2.45, 2.75) is 12.3 Å². The van der Waals surface area contributed by atoms with E-state index in [0.29, 0.717) is 49.2 Å². The molecule has 1 aliphatic rings. The molecule has 1 saturated heterocycles. The van der Waals surface area contributed by atoms with Crippen LogP contribution in [0.4, 0.5) is 5.95 Å². The summed E-state index contributed by atoms with van der Waals surface area (Å²) in [5.74, 6) is 0.813. The molecule has 2 aromatic rings. The zero-order valence-electron chi connectivity index (χ0n) is 18.2. The van der Waals surface area contributed by atoms with Crippen molar-refractivity contribution in [3.05, 3.63) is 47.8 Å². The third kappa shape index (κ3) is 5.91. The monoisotopic (exact) mass is 427 g/mol. The van der Waals surface area contributed by atoms with Crippen molar-refractivity contribution in [1.29, 1.82) is 0 Å². The summed E-state index contributed by atoms with van der Waals surface area (Å²) in [6, 6.07) is 9.26.